The summed E-state index contributed by atoms with van der Waals surface area (Å²) in [6, 6.07) is 5.47. The number of benzene rings is 1. The Hall–Kier alpha value is -1.42. The van der Waals surface area contributed by atoms with E-state index >= 15 is 0 Å². The van der Waals surface area contributed by atoms with E-state index in [1.165, 1.54) is 0 Å². The number of fused-ring (bicyclic) bond motifs is 1. The van der Waals surface area contributed by atoms with Gasteiger partial charge < -0.3 is 15.3 Å². The van der Waals surface area contributed by atoms with Crippen molar-refractivity contribution in [3.63, 3.8) is 0 Å². The normalized spacial score (nSPS) is 14.9. The molecule has 1 aromatic rings. The maximum absolute atomic E-state index is 10.8. The fourth-order valence-electron chi connectivity index (χ4n) is 1.87. The molecule has 4 nitrogen and oxygen atoms in total. The lowest BCUT2D eigenvalue weighted by molar-refractivity contribution is -0.135. The Kier molecular flexibility index (Phi) is 3.19. The highest BCUT2D eigenvalue weighted by molar-refractivity contribution is 6.31. The van der Waals surface area contributed by atoms with E-state index in [2.05, 4.69) is 5.32 Å². The molecule has 1 aromatic carbocycles. The van der Waals surface area contributed by atoms with Gasteiger partial charge in [-0.3, -0.25) is 4.79 Å². The van der Waals surface area contributed by atoms with Crippen LogP contribution in [-0.4, -0.2) is 30.7 Å². The number of anilines is 2. The van der Waals surface area contributed by atoms with Gasteiger partial charge in [0, 0.05) is 18.1 Å². The van der Waals surface area contributed by atoms with Crippen LogP contribution in [0.2, 0.25) is 5.02 Å². The first-order chi connectivity index (χ1) is 7.66. The number of carbonyl (C=O) groups is 1. The second-order valence-corrected chi connectivity index (χ2v) is 4.19. The van der Waals surface area contributed by atoms with Crippen LogP contribution < -0.4 is 10.2 Å². The van der Waals surface area contributed by atoms with Crippen molar-refractivity contribution in [2.24, 2.45) is 0 Å². The maximum atomic E-state index is 10.8. The van der Waals surface area contributed by atoms with Crippen LogP contribution in [0.3, 0.4) is 0 Å². The Morgan fingerprint density at radius 3 is 3.12 bits per heavy atom. The molecule has 2 N–H and O–H groups in total. The maximum Gasteiger partial charge on any atom is 0.323 e. The highest BCUT2D eigenvalue weighted by atomic mass is 35.5. The minimum absolute atomic E-state index is 0.0241. The third-order valence-electron chi connectivity index (χ3n) is 2.55. The average molecular weight is 241 g/mol. The highest BCUT2D eigenvalue weighted by Gasteiger charge is 2.17. The first kappa shape index (κ1) is 11.1. The number of nitrogens with one attached hydrogen (secondary N) is 1. The molecule has 0 saturated heterocycles. The monoisotopic (exact) mass is 240 g/mol. The van der Waals surface area contributed by atoms with E-state index in [-0.39, 0.29) is 6.54 Å². The zero-order valence-electron chi connectivity index (χ0n) is 8.74. The molecule has 0 radical (unpaired) electrons. The molecule has 2 rings (SSSR count). The molecule has 0 aromatic heterocycles. The minimum Gasteiger partial charge on any atom is -0.480 e. The first-order valence-corrected chi connectivity index (χ1v) is 5.55. The predicted octanol–water partition coefficient (Wildman–Crippen LogP) is 2.05. The molecule has 1 aliphatic rings. The SMILES string of the molecule is O=C(O)CN1CCCNc2cc(Cl)ccc21. The van der Waals surface area contributed by atoms with Crippen LogP contribution in [0.15, 0.2) is 18.2 Å². The van der Waals surface area contributed by atoms with E-state index in [1.807, 2.05) is 17.0 Å². The van der Waals surface area contributed by atoms with Gasteiger partial charge in [-0.15, -0.1) is 0 Å². The number of carboxylic acids is 1. The Bertz CT molecular complexity index is 409. The molecule has 1 heterocycles. The molecule has 5 heteroatoms. The second kappa shape index (κ2) is 4.61. The summed E-state index contributed by atoms with van der Waals surface area (Å²) in [7, 11) is 0. The number of rotatable bonds is 2. The Balaban J connectivity index is 2.32. The fourth-order valence-corrected chi connectivity index (χ4v) is 2.04. The largest absolute Gasteiger partial charge is 0.480 e. The molecule has 0 aliphatic carbocycles. The van der Waals surface area contributed by atoms with Crippen LogP contribution in [0.25, 0.3) is 0 Å². The summed E-state index contributed by atoms with van der Waals surface area (Å²) in [6.45, 7) is 1.60. The molecule has 0 saturated carbocycles. The summed E-state index contributed by atoms with van der Waals surface area (Å²) >= 11 is 5.91. The number of nitrogens with zero attached hydrogens (tertiary/aromatic N) is 1. The molecule has 0 bridgehead atoms. The van der Waals surface area contributed by atoms with E-state index in [9.17, 15) is 4.79 Å². The van der Waals surface area contributed by atoms with Crippen LogP contribution in [0.1, 0.15) is 6.42 Å². The van der Waals surface area contributed by atoms with Crippen molar-refractivity contribution in [1.29, 1.82) is 0 Å². The smallest absolute Gasteiger partial charge is 0.323 e. The van der Waals surface area contributed by atoms with Crippen molar-refractivity contribution < 1.29 is 9.90 Å². The lowest BCUT2D eigenvalue weighted by Gasteiger charge is -2.22. The number of halogens is 1. The van der Waals surface area contributed by atoms with Crippen molar-refractivity contribution in [2.45, 2.75) is 6.42 Å². The summed E-state index contributed by atoms with van der Waals surface area (Å²) < 4.78 is 0. The van der Waals surface area contributed by atoms with Gasteiger partial charge in [-0.2, -0.15) is 0 Å². The van der Waals surface area contributed by atoms with Gasteiger partial charge in [-0.05, 0) is 24.6 Å². The lowest BCUT2D eigenvalue weighted by atomic mass is 10.2. The number of hydrogen-bond acceptors (Lipinski definition) is 3. The van der Waals surface area contributed by atoms with Crippen molar-refractivity contribution in [3.05, 3.63) is 23.2 Å². The molecule has 1 aliphatic heterocycles. The minimum atomic E-state index is -0.817. The molecular weight excluding hydrogens is 228 g/mol. The number of carboxylic acid groups (broad SMARTS) is 1. The standard InChI is InChI=1S/C11H13ClN2O2/c12-8-2-3-10-9(6-8)13-4-1-5-14(10)7-11(15)16/h2-3,6,13H,1,4-5,7H2,(H,15,16). The Morgan fingerprint density at radius 2 is 2.38 bits per heavy atom. The van der Waals surface area contributed by atoms with Crippen LogP contribution in [0, 0.1) is 0 Å². The molecule has 16 heavy (non-hydrogen) atoms. The van der Waals surface area contributed by atoms with E-state index in [4.69, 9.17) is 16.7 Å². The molecular formula is C11H13ClN2O2. The third kappa shape index (κ3) is 2.39. The summed E-state index contributed by atoms with van der Waals surface area (Å²) in [5, 5.41) is 12.8. The predicted molar refractivity (Wildman–Crippen MR) is 64.4 cm³/mol. The zero-order chi connectivity index (χ0) is 11.5. The molecule has 0 unspecified atom stereocenters. The van der Waals surface area contributed by atoms with Crippen LogP contribution in [0.5, 0.6) is 0 Å². The van der Waals surface area contributed by atoms with E-state index < -0.39 is 5.97 Å². The van der Waals surface area contributed by atoms with E-state index in [0.717, 1.165) is 30.9 Å². The molecule has 0 fully saturated rings. The van der Waals surface area contributed by atoms with Crippen molar-refractivity contribution in [1.82, 2.24) is 0 Å². The van der Waals surface area contributed by atoms with Gasteiger partial charge in [0.15, 0.2) is 0 Å². The second-order valence-electron chi connectivity index (χ2n) is 3.76. The van der Waals surface area contributed by atoms with Gasteiger partial charge in [-0.25, -0.2) is 0 Å². The van der Waals surface area contributed by atoms with Gasteiger partial charge >= 0.3 is 5.97 Å². The van der Waals surface area contributed by atoms with Gasteiger partial charge in [0.2, 0.25) is 0 Å². The quantitative estimate of drug-likeness (QED) is 0.831. The molecule has 86 valence electrons. The lowest BCUT2D eigenvalue weighted by Crippen LogP contribution is -2.30. The summed E-state index contributed by atoms with van der Waals surface area (Å²) in [4.78, 5) is 12.6. The third-order valence-corrected chi connectivity index (χ3v) is 2.78. The van der Waals surface area contributed by atoms with Crippen LogP contribution >= 0.6 is 11.6 Å². The summed E-state index contributed by atoms with van der Waals surface area (Å²) in [5.74, 6) is -0.817. The van der Waals surface area contributed by atoms with Crippen LogP contribution in [-0.2, 0) is 4.79 Å². The van der Waals surface area contributed by atoms with E-state index in [1.54, 1.807) is 6.07 Å². The fraction of sp³-hybridized carbons (Fsp3) is 0.364. The van der Waals surface area contributed by atoms with Gasteiger partial charge in [0.25, 0.3) is 0 Å². The van der Waals surface area contributed by atoms with Gasteiger partial charge in [0.05, 0.1) is 11.4 Å². The van der Waals surface area contributed by atoms with Crippen molar-refractivity contribution in [3.8, 4) is 0 Å². The Labute approximate surface area is 98.8 Å². The van der Waals surface area contributed by atoms with E-state index in [0.29, 0.717) is 5.02 Å². The molecule has 0 atom stereocenters. The number of hydrogen-bond donors (Lipinski definition) is 2. The number of aliphatic carboxylic acids is 1. The van der Waals surface area contributed by atoms with Gasteiger partial charge in [0.1, 0.15) is 6.54 Å². The zero-order valence-corrected chi connectivity index (χ0v) is 9.50. The molecule has 0 amide bonds. The first-order valence-electron chi connectivity index (χ1n) is 5.17. The van der Waals surface area contributed by atoms with Gasteiger partial charge in [-0.1, -0.05) is 11.6 Å². The van der Waals surface area contributed by atoms with Crippen LogP contribution in [0.4, 0.5) is 11.4 Å². The topological polar surface area (TPSA) is 52.6 Å². The van der Waals surface area contributed by atoms with Crippen molar-refractivity contribution >= 4 is 28.9 Å². The van der Waals surface area contributed by atoms with Crippen molar-refractivity contribution in [2.75, 3.05) is 29.9 Å². The Morgan fingerprint density at radius 1 is 1.56 bits per heavy atom. The average Bonchev–Trinajstić information content (AvgIpc) is 2.40. The highest BCUT2D eigenvalue weighted by Crippen LogP contribution is 2.30. The summed E-state index contributed by atoms with van der Waals surface area (Å²) in [6.07, 6.45) is 0.916. The summed E-state index contributed by atoms with van der Waals surface area (Å²) in [5.41, 5.74) is 1.82. The molecule has 0 spiro atoms.